The van der Waals surface area contributed by atoms with Gasteiger partial charge in [-0.15, -0.1) is 0 Å². The summed E-state index contributed by atoms with van der Waals surface area (Å²) >= 11 is 3.34. The van der Waals surface area contributed by atoms with Gasteiger partial charge in [-0.25, -0.2) is 4.98 Å². The number of nitrogens with one attached hydrogen (secondary N) is 2. The fourth-order valence-electron chi connectivity index (χ4n) is 1.95. The maximum absolute atomic E-state index is 12.0. The van der Waals surface area contributed by atoms with E-state index in [-0.39, 0.29) is 11.8 Å². The molecule has 2 N–H and O–H groups in total. The third-order valence-electron chi connectivity index (χ3n) is 2.95. The Morgan fingerprint density at radius 1 is 1.65 bits per heavy atom. The molecule has 1 atom stereocenters. The lowest BCUT2D eigenvalue weighted by molar-refractivity contribution is -0.120. The summed E-state index contributed by atoms with van der Waals surface area (Å²) < 4.78 is 0.815. The van der Waals surface area contributed by atoms with E-state index in [9.17, 15) is 4.79 Å². The number of aromatic nitrogens is 1. The molecular weight excluding hydrogens is 282 g/mol. The smallest absolute Gasteiger partial charge is 0.228 e. The largest absolute Gasteiger partial charge is 0.324 e. The van der Waals surface area contributed by atoms with Gasteiger partial charge in [0.1, 0.15) is 4.60 Å². The second-order valence-electron chi connectivity index (χ2n) is 4.36. The predicted molar refractivity (Wildman–Crippen MR) is 70.9 cm³/mol. The number of carbonyl (C=O) groups excluding carboxylic acids is 1. The van der Waals surface area contributed by atoms with Gasteiger partial charge in [-0.3, -0.25) is 4.79 Å². The van der Waals surface area contributed by atoms with Crippen molar-refractivity contribution in [3.05, 3.63) is 22.4 Å². The number of rotatable bonds is 2. The monoisotopic (exact) mass is 297 g/mol. The first-order valence-corrected chi connectivity index (χ1v) is 6.60. The lowest BCUT2D eigenvalue weighted by atomic mass is 9.99. The summed E-state index contributed by atoms with van der Waals surface area (Å²) in [5.41, 5.74) is 1.78. The molecule has 0 bridgehead atoms. The number of pyridine rings is 1. The maximum atomic E-state index is 12.0. The Morgan fingerprint density at radius 3 is 3.12 bits per heavy atom. The average molecular weight is 298 g/mol. The standard InChI is InChI=1S/C12H16BrN3O/c1-8-5-10(7-15-11(8)13)16-12(17)9-3-2-4-14-6-9/h5,7,9,14H,2-4,6H2,1H3,(H,16,17)/t9-/m1/s1. The molecule has 1 aliphatic heterocycles. The quantitative estimate of drug-likeness (QED) is 0.822. The van der Waals surface area contributed by atoms with E-state index in [1.165, 1.54) is 0 Å². The summed E-state index contributed by atoms with van der Waals surface area (Å²) in [6.07, 6.45) is 3.70. The first kappa shape index (κ1) is 12.5. The number of piperidine rings is 1. The van der Waals surface area contributed by atoms with Crippen molar-refractivity contribution in [3.63, 3.8) is 0 Å². The minimum atomic E-state index is 0.0766. The van der Waals surface area contributed by atoms with Crippen LogP contribution in [0.5, 0.6) is 0 Å². The van der Waals surface area contributed by atoms with Gasteiger partial charge in [0, 0.05) is 6.54 Å². The van der Waals surface area contributed by atoms with Crippen molar-refractivity contribution < 1.29 is 4.79 Å². The van der Waals surface area contributed by atoms with Crippen LogP contribution in [0.3, 0.4) is 0 Å². The van der Waals surface area contributed by atoms with E-state index in [0.717, 1.165) is 41.8 Å². The van der Waals surface area contributed by atoms with Crippen LogP contribution in [0.2, 0.25) is 0 Å². The van der Waals surface area contributed by atoms with E-state index in [1.807, 2.05) is 13.0 Å². The van der Waals surface area contributed by atoms with Crippen LogP contribution in [-0.2, 0) is 4.79 Å². The molecule has 0 aliphatic carbocycles. The zero-order chi connectivity index (χ0) is 12.3. The summed E-state index contributed by atoms with van der Waals surface area (Å²) in [6.45, 7) is 3.74. The van der Waals surface area contributed by atoms with Crippen LogP contribution in [0.25, 0.3) is 0 Å². The molecule has 0 aromatic carbocycles. The van der Waals surface area contributed by atoms with Gasteiger partial charge in [-0.1, -0.05) is 0 Å². The van der Waals surface area contributed by atoms with E-state index in [2.05, 4.69) is 31.5 Å². The predicted octanol–water partition coefficient (Wildman–Crippen LogP) is 2.09. The third-order valence-corrected chi connectivity index (χ3v) is 3.78. The topological polar surface area (TPSA) is 54.0 Å². The molecule has 1 saturated heterocycles. The highest BCUT2D eigenvalue weighted by Gasteiger charge is 2.20. The lowest BCUT2D eigenvalue weighted by Crippen LogP contribution is -2.37. The van der Waals surface area contributed by atoms with E-state index in [4.69, 9.17) is 0 Å². The van der Waals surface area contributed by atoms with Crippen LogP contribution < -0.4 is 10.6 Å². The molecule has 1 aliphatic rings. The number of halogens is 1. The normalized spacial score (nSPS) is 20.0. The molecule has 0 saturated carbocycles. The van der Waals surface area contributed by atoms with E-state index in [1.54, 1.807) is 6.20 Å². The van der Waals surface area contributed by atoms with Gasteiger partial charge >= 0.3 is 0 Å². The number of aryl methyl sites for hydroxylation is 1. The molecule has 5 heteroatoms. The molecule has 0 unspecified atom stereocenters. The van der Waals surface area contributed by atoms with E-state index < -0.39 is 0 Å². The van der Waals surface area contributed by atoms with Crippen molar-refractivity contribution in [1.29, 1.82) is 0 Å². The van der Waals surface area contributed by atoms with Gasteiger partial charge in [0.05, 0.1) is 17.8 Å². The number of amides is 1. The molecular formula is C12H16BrN3O. The molecule has 17 heavy (non-hydrogen) atoms. The lowest BCUT2D eigenvalue weighted by Gasteiger charge is -2.21. The first-order chi connectivity index (χ1) is 8.16. The molecule has 1 amide bonds. The zero-order valence-electron chi connectivity index (χ0n) is 9.79. The van der Waals surface area contributed by atoms with Gasteiger partial charge < -0.3 is 10.6 Å². The highest BCUT2D eigenvalue weighted by Crippen LogP contribution is 2.18. The molecule has 1 aromatic heterocycles. The number of hydrogen-bond donors (Lipinski definition) is 2. The number of nitrogens with zero attached hydrogens (tertiary/aromatic N) is 1. The maximum Gasteiger partial charge on any atom is 0.228 e. The fourth-order valence-corrected chi connectivity index (χ4v) is 2.16. The number of hydrogen-bond acceptors (Lipinski definition) is 3. The fraction of sp³-hybridized carbons (Fsp3) is 0.500. The van der Waals surface area contributed by atoms with Crippen LogP contribution in [0, 0.1) is 12.8 Å². The van der Waals surface area contributed by atoms with Crippen molar-refractivity contribution in [2.75, 3.05) is 18.4 Å². The molecule has 92 valence electrons. The van der Waals surface area contributed by atoms with E-state index >= 15 is 0 Å². The SMILES string of the molecule is Cc1cc(NC(=O)[C@@H]2CCCNC2)cnc1Br. The van der Waals surface area contributed by atoms with Crippen LogP contribution in [0.15, 0.2) is 16.9 Å². The number of anilines is 1. The molecule has 2 rings (SSSR count). The molecule has 0 radical (unpaired) electrons. The van der Waals surface area contributed by atoms with Gasteiger partial charge in [0.2, 0.25) is 5.91 Å². The Hall–Kier alpha value is -0.940. The van der Waals surface area contributed by atoms with Crippen molar-refractivity contribution >= 4 is 27.5 Å². The highest BCUT2D eigenvalue weighted by atomic mass is 79.9. The third kappa shape index (κ3) is 3.26. The average Bonchev–Trinajstić information content (AvgIpc) is 2.35. The second-order valence-corrected chi connectivity index (χ2v) is 5.12. The van der Waals surface area contributed by atoms with Crippen molar-refractivity contribution in [3.8, 4) is 0 Å². The summed E-state index contributed by atoms with van der Waals surface area (Å²) in [5, 5.41) is 6.16. The van der Waals surface area contributed by atoms with Gasteiger partial charge in [0.25, 0.3) is 0 Å². The molecule has 4 nitrogen and oxygen atoms in total. The van der Waals surface area contributed by atoms with Gasteiger partial charge in [-0.2, -0.15) is 0 Å². The van der Waals surface area contributed by atoms with Gasteiger partial charge in [-0.05, 0) is 53.9 Å². The molecule has 2 heterocycles. The summed E-state index contributed by atoms with van der Waals surface area (Å²) in [4.78, 5) is 16.1. The minimum Gasteiger partial charge on any atom is -0.324 e. The Balaban J connectivity index is 1.99. The van der Waals surface area contributed by atoms with Crippen LogP contribution in [0.1, 0.15) is 18.4 Å². The number of carbonyl (C=O) groups is 1. The molecule has 1 aromatic rings. The Kier molecular flexibility index (Phi) is 4.12. The Morgan fingerprint density at radius 2 is 2.47 bits per heavy atom. The van der Waals surface area contributed by atoms with Crippen molar-refractivity contribution in [2.24, 2.45) is 5.92 Å². The van der Waals surface area contributed by atoms with Crippen molar-refractivity contribution in [2.45, 2.75) is 19.8 Å². The first-order valence-electron chi connectivity index (χ1n) is 5.80. The zero-order valence-corrected chi connectivity index (χ0v) is 11.4. The molecule has 1 fully saturated rings. The van der Waals surface area contributed by atoms with Crippen molar-refractivity contribution in [1.82, 2.24) is 10.3 Å². The summed E-state index contributed by atoms with van der Waals surface area (Å²) in [7, 11) is 0. The molecule has 0 spiro atoms. The van der Waals surface area contributed by atoms with Crippen LogP contribution in [-0.4, -0.2) is 24.0 Å². The van der Waals surface area contributed by atoms with Crippen LogP contribution >= 0.6 is 15.9 Å². The minimum absolute atomic E-state index is 0.0766. The Bertz CT molecular complexity index is 416. The van der Waals surface area contributed by atoms with Crippen LogP contribution in [0.4, 0.5) is 5.69 Å². The summed E-state index contributed by atoms with van der Waals surface area (Å²) in [6, 6.07) is 1.92. The Labute approximate surface area is 109 Å². The van der Waals surface area contributed by atoms with Gasteiger partial charge in [0.15, 0.2) is 0 Å². The second kappa shape index (κ2) is 5.60. The van der Waals surface area contributed by atoms with E-state index in [0.29, 0.717) is 0 Å². The summed E-state index contributed by atoms with van der Waals surface area (Å²) in [5.74, 6) is 0.161. The highest BCUT2D eigenvalue weighted by molar-refractivity contribution is 9.10.